The fourth-order valence-electron chi connectivity index (χ4n) is 2.85. The molecule has 2 aromatic rings. The number of hydrogen-bond donors (Lipinski definition) is 1. The molecule has 27 heavy (non-hydrogen) atoms. The predicted molar refractivity (Wildman–Crippen MR) is 98.9 cm³/mol. The van der Waals surface area contributed by atoms with Crippen LogP contribution in [0, 0.1) is 5.82 Å². The first-order chi connectivity index (χ1) is 12.9. The number of halogens is 2. The van der Waals surface area contributed by atoms with Crippen molar-refractivity contribution in [1.29, 1.82) is 0 Å². The Kier molecular flexibility index (Phi) is 5.51. The van der Waals surface area contributed by atoms with Gasteiger partial charge in [-0.2, -0.15) is 0 Å². The highest BCUT2D eigenvalue weighted by Gasteiger charge is 2.33. The van der Waals surface area contributed by atoms with Crippen LogP contribution in [0.5, 0.6) is 17.2 Å². The fraction of sp³-hybridized carbons (Fsp3) is 0.263. The molecule has 0 aromatic heterocycles. The second-order valence-electron chi connectivity index (χ2n) is 6.09. The first-order valence-electron chi connectivity index (χ1n) is 8.26. The highest BCUT2D eigenvalue weighted by molar-refractivity contribution is 6.30. The number of anilines is 1. The van der Waals surface area contributed by atoms with Crippen LogP contribution in [0.15, 0.2) is 36.4 Å². The number of hydrogen-bond acceptors (Lipinski definition) is 4. The zero-order valence-electron chi connectivity index (χ0n) is 14.8. The lowest BCUT2D eigenvalue weighted by atomic mass is 10.2. The molecule has 6 nitrogen and oxygen atoms in total. The molecular formula is C19H18ClFN2O4. The third kappa shape index (κ3) is 4.14. The van der Waals surface area contributed by atoms with Crippen LogP contribution in [0.25, 0.3) is 0 Å². The predicted octanol–water partition coefficient (Wildman–Crippen LogP) is 3.84. The van der Waals surface area contributed by atoms with E-state index in [1.807, 2.05) is 0 Å². The first-order valence-corrected chi connectivity index (χ1v) is 8.64. The van der Waals surface area contributed by atoms with Crippen LogP contribution in [0.3, 0.4) is 0 Å². The van der Waals surface area contributed by atoms with Gasteiger partial charge in [0.1, 0.15) is 29.1 Å². The molecule has 1 atom stereocenters. The molecule has 2 amide bonds. The quantitative estimate of drug-likeness (QED) is 0.839. The van der Waals surface area contributed by atoms with Crippen molar-refractivity contribution >= 4 is 29.1 Å². The van der Waals surface area contributed by atoms with Gasteiger partial charge < -0.3 is 19.7 Å². The van der Waals surface area contributed by atoms with E-state index in [2.05, 4.69) is 5.32 Å². The Hall–Kier alpha value is -2.80. The Balaban J connectivity index is 1.80. The first kappa shape index (κ1) is 19.0. The summed E-state index contributed by atoms with van der Waals surface area (Å²) in [6.07, 6.45) is 0.806. The van der Waals surface area contributed by atoms with Gasteiger partial charge in [0.05, 0.1) is 17.8 Å². The monoisotopic (exact) mass is 392 g/mol. The van der Waals surface area contributed by atoms with E-state index in [1.54, 1.807) is 25.2 Å². The van der Waals surface area contributed by atoms with Gasteiger partial charge >= 0.3 is 0 Å². The molecule has 0 spiro atoms. The van der Waals surface area contributed by atoms with Crippen molar-refractivity contribution < 1.29 is 23.5 Å². The standard InChI is InChI=1S/C19H18ClFN2O4/c1-23-16(6-8-18(23)24)19(25)22-15-10-12(4-7-17(15)26-2)27-11-3-5-13(20)14(21)9-11/h3-5,7,9-10,16H,6,8H2,1-2H3,(H,22,25)/t16-/m0/s1. The van der Waals surface area contributed by atoms with Crippen molar-refractivity contribution in [3.8, 4) is 17.2 Å². The normalized spacial score (nSPS) is 16.4. The van der Waals surface area contributed by atoms with Gasteiger partial charge in [-0.25, -0.2) is 4.39 Å². The molecule has 0 unspecified atom stereocenters. The fourth-order valence-corrected chi connectivity index (χ4v) is 2.97. The molecule has 1 fully saturated rings. The zero-order chi connectivity index (χ0) is 19.6. The summed E-state index contributed by atoms with van der Waals surface area (Å²) in [6.45, 7) is 0. The summed E-state index contributed by atoms with van der Waals surface area (Å²) < 4.78 is 24.5. The Labute approximate surface area is 160 Å². The summed E-state index contributed by atoms with van der Waals surface area (Å²) in [4.78, 5) is 25.6. The summed E-state index contributed by atoms with van der Waals surface area (Å²) in [7, 11) is 3.08. The molecule has 3 rings (SSSR count). The number of likely N-dealkylation sites (N-methyl/N-ethyl adjacent to an activating group) is 1. The van der Waals surface area contributed by atoms with Crippen molar-refractivity contribution in [1.82, 2.24) is 4.90 Å². The minimum atomic E-state index is -0.592. The summed E-state index contributed by atoms with van der Waals surface area (Å²) in [5.74, 6) is 0.111. The molecule has 1 heterocycles. The van der Waals surface area contributed by atoms with Crippen molar-refractivity contribution in [2.45, 2.75) is 18.9 Å². The van der Waals surface area contributed by atoms with Crippen molar-refractivity contribution in [2.24, 2.45) is 0 Å². The molecule has 1 N–H and O–H groups in total. The number of carbonyl (C=O) groups excluding carboxylic acids is 2. The van der Waals surface area contributed by atoms with E-state index >= 15 is 0 Å². The van der Waals surface area contributed by atoms with E-state index in [-0.39, 0.29) is 22.6 Å². The average molecular weight is 393 g/mol. The lowest BCUT2D eigenvalue weighted by Gasteiger charge is -2.20. The number of rotatable bonds is 5. The molecule has 0 aliphatic carbocycles. The second-order valence-corrected chi connectivity index (χ2v) is 6.50. The lowest BCUT2D eigenvalue weighted by molar-refractivity contribution is -0.131. The maximum absolute atomic E-state index is 13.6. The summed E-state index contributed by atoms with van der Waals surface area (Å²) in [6, 6.07) is 8.40. The second kappa shape index (κ2) is 7.84. The summed E-state index contributed by atoms with van der Waals surface area (Å²) in [5.41, 5.74) is 0.391. The minimum absolute atomic E-state index is 0.000244. The average Bonchev–Trinajstić information content (AvgIpc) is 2.97. The molecule has 8 heteroatoms. The maximum atomic E-state index is 13.6. The maximum Gasteiger partial charge on any atom is 0.247 e. The van der Waals surface area contributed by atoms with Gasteiger partial charge in [-0.3, -0.25) is 9.59 Å². The van der Waals surface area contributed by atoms with Crippen LogP contribution in [0.2, 0.25) is 5.02 Å². The van der Waals surface area contributed by atoms with Gasteiger partial charge in [-0.1, -0.05) is 11.6 Å². The molecule has 0 saturated carbocycles. The topological polar surface area (TPSA) is 67.9 Å². The summed E-state index contributed by atoms with van der Waals surface area (Å²) >= 11 is 5.67. The Bertz CT molecular complexity index is 890. The molecule has 0 bridgehead atoms. The molecule has 1 saturated heterocycles. The molecule has 142 valence electrons. The third-order valence-electron chi connectivity index (χ3n) is 4.35. The molecule has 2 aromatic carbocycles. The number of nitrogens with zero attached hydrogens (tertiary/aromatic N) is 1. The van der Waals surface area contributed by atoms with Crippen LogP contribution in [-0.4, -0.2) is 36.9 Å². The smallest absolute Gasteiger partial charge is 0.247 e. The van der Waals surface area contributed by atoms with Crippen LogP contribution in [-0.2, 0) is 9.59 Å². The van der Waals surface area contributed by atoms with Crippen molar-refractivity contribution in [3.63, 3.8) is 0 Å². The zero-order valence-corrected chi connectivity index (χ0v) is 15.5. The Morgan fingerprint density at radius 3 is 2.59 bits per heavy atom. The highest BCUT2D eigenvalue weighted by atomic mass is 35.5. The van der Waals surface area contributed by atoms with Crippen molar-refractivity contribution in [3.05, 3.63) is 47.2 Å². The van der Waals surface area contributed by atoms with Gasteiger partial charge in [0.25, 0.3) is 0 Å². The molecule has 1 aliphatic rings. The van der Waals surface area contributed by atoms with E-state index in [0.717, 1.165) is 0 Å². The van der Waals surface area contributed by atoms with Crippen LogP contribution >= 0.6 is 11.6 Å². The number of ether oxygens (including phenoxy) is 2. The Morgan fingerprint density at radius 1 is 1.26 bits per heavy atom. The third-order valence-corrected chi connectivity index (χ3v) is 4.66. The number of benzene rings is 2. The van der Waals surface area contributed by atoms with Gasteiger partial charge in [0, 0.05) is 25.6 Å². The van der Waals surface area contributed by atoms with E-state index in [1.165, 1.54) is 30.2 Å². The van der Waals surface area contributed by atoms with E-state index in [9.17, 15) is 14.0 Å². The SMILES string of the molecule is COc1ccc(Oc2ccc(Cl)c(F)c2)cc1NC(=O)[C@@H]1CCC(=O)N1C. The highest BCUT2D eigenvalue weighted by Crippen LogP contribution is 2.33. The number of carbonyl (C=O) groups is 2. The number of nitrogens with one attached hydrogen (secondary N) is 1. The molecule has 1 aliphatic heterocycles. The number of amides is 2. The largest absolute Gasteiger partial charge is 0.495 e. The van der Waals surface area contributed by atoms with E-state index in [0.29, 0.717) is 30.0 Å². The molecular weight excluding hydrogens is 375 g/mol. The Morgan fingerprint density at radius 2 is 1.96 bits per heavy atom. The van der Waals surface area contributed by atoms with E-state index in [4.69, 9.17) is 21.1 Å². The van der Waals surface area contributed by atoms with Gasteiger partial charge in [-0.05, 0) is 30.7 Å². The molecule has 0 radical (unpaired) electrons. The van der Waals surface area contributed by atoms with Crippen LogP contribution in [0.1, 0.15) is 12.8 Å². The van der Waals surface area contributed by atoms with Crippen LogP contribution in [0.4, 0.5) is 10.1 Å². The van der Waals surface area contributed by atoms with Crippen LogP contribution < -0.4 is 14.8 Å². The summed E-state index contributed by atoms with van der Waals surface area (Å²) in [5, 5.41) is 2.77. The van der Waals surface area contributed by atoms with Gasteiger partial charge in [0.15, 0.2) is 0 Å². The number of methoxy groups -OCH3 is 1. The van der Waals surface area contributed by atoms with Gasteiger partial charge in [-0.15, -0.1) is 0 Å². The van der Waals surface area contributed by atoms with Gasteiger partial charge in [0.2, 0.25) is 11.8 Å². The lowest BCUT2D eigenvalue weighted by Crippen LogP contribution is -2.38. The number of likely N-dealkylation sites (tertiary alicyclic amines) is 1. The van der Waals surface area contributed by atoms with E-state index < -0.39 is 11.9 Å². The van der Waals surface area contributed by atoms with Crippen molar-refractivity contribution in [2.75, 3.05) is 19.5 Å². The minimum Gasteiger partial charge on any atom is -0.495 e.